The van der Waals surface area contributed by atoms with E-state index in [1.54, 1.807) is 28.8 Å². The van der Waals surface area contributed by atoms with E-state index in [0.717, 1.165) is 11.3 Å². The van der Waals surface area contributed by atoms with Crippen molar-refractivity contribution in [2.24, 2.45) is 0 Å². The third kappa shape index (κ3) is 2.71. The quantitative estimate of drug-likeness (QED) is 0.841. The minimum Gasteiger partial charge on any atom is -0.459 e. The zero-order valence-corrected chi connectivity index (χ0v) is 14.0. The van der Waals surface area contributed by atoms with E-state index < -0.39 is 0 Å². The maximum atomic E-state index is 12.9. The predicted molar refractivity (Wildman–Crippen MR) is 91.1 cm³/mol. The minimum absolute atomic E-state index is 0.0569. The lowest BCUT2D eigenvalue weighted by Crippen LogP contribution is -2.51. The van der Waals surface area contributed by atoms with Crippen molar-refractivity contribution in [3.63, 3.8) is 0 Å². The van der Waals surface area contributed by atoms with Crippen molar-refractivity contribution in [2.75, 3.05) is 31.9 Å². The van der Waals surface area contributed by atoms with E-state index in [1.807, 2.05) is 17.0 Å². The minimum atomic E-state index is -0.103. The highest BCUT2D eigenvalue weighted by atomic mass is 32.2. The number of carbonyl (C=O) groups excluding carboxylic acids is 2. The number of rotatable bonds is 2. The first-order chi connectivity index (χ1) is 11.7. The van der Waals surface area contributed by atoms with Crippen molar-refractivity contribution in [3.8, 4) is 0 Å². The summed E-state index contributed by atoms with van der Waals surface area (Å²) in [6.07, 6.45) is 1.50. The number of hydrogen-bond donors (Lipinski definition) is 0. The first kappa shape index (κ1) is 15.3. The van der Waals surface area contributed by atoms with Gasteiger partial charge in [-0.05, 0) is 23.8 Å². The maximum Gasteiger partial charge on any atom is 0.289 e. The van der Waals surface area contributed by atoms with Gasteiger partial charge in [0.1, 0.15) is 0 Å². The van der Waals surface area contributed by atoms with Crippen LogP contribution in [-0.2, 0) is 4.79 Å². The Morgan fingerprint density at radius 1 is 1.00 bits per heavy atom. The van der Waals surface area contributed by atoms with Crippen LogP contribution in [0.5, 0.6) is 0 Å². The van der Waals surface area contributed by atoms with Gasteiger partial charge in [-0.15, -0.1) is 11.8 Å². The molecule has 2 amide bonds. The molecule has 0 spiro atoms. The SMILES string of the molecule is O=C(c1ccco1)N1CCN(C(=O)[C@@H]2CSc3ccccc32)CC1. The number of fused-ring (bicyclic) bond motifs is 1. The lowest BCUT2D eigenvalue weighted by atomic mass is 9.99. The molecule has 124 valence electrons. The molecule has 1 aromatic carbocycles. The van der Waals surface area contributed by atoms with Crippen LogP contribution in [0.1, 0.15) is 22.0 Å². The molecule has 0 bridgehead atoms. The molecule has 24 heavy (non-hydrogen) atoms. The third-order valence-electron chi connectivity index (χ3n) is 4.61. The summed E-state index contributed by atoms with van der Waals surface area (Å²) in [7, 11) is 0. The van der Waals surface area contributed by atoms with E-state index in [2.05, 4.69) is 12.1 Å². The van der Waals surface area contributed by atoms with Crippen LogP contribution in [0.3, 0.4) is 0 Å². The van der Waals surface area contributed by atoms with Gasteiger partial charge in [0.25, 0.3) is 5.91 Å². The zero-order valence-electron chi connectivity index (χ0n) is 13.2. The molecule has 2 aromatic rings. The van der Waals surface area contributed by atoms with Gasteiger partial charge >= 0.3 is 0 Å². The highest BCUT2D eigenvalue weighted by molar-refractivity contribution is 7.99. The van der Waals surface area contributed by atoms with Gasteiger partial charge in [-0.2, -0.15) is 0 Å². The molecule has 2 aliphatic rings. The molecule has 6 heteroatoms. The Morgan fingerprint density at radius 3 is 2.50 bits per heavy atom. The molecule has 0 radical (unpaired) electrons. The van der Waals surface area contributed by atoms with Crippen molar-refractivity contribution in [3.05, 3.63) is 54.0 Å². The topological polar surface area (TPSA) is 53.8 Å². The highest BCUT2D eigenvalue weighted by Gasteiger charge is 2.34. The van der Waals surface area contributed by atoms with Gasteiger partial charge in [0.05, 0.1) is 12.2 Å². The standard InChI is InChI=1S/C18H18N2O3S/c21-17(14-12-24-16-6-2-1-4-13(14)16)19-7-9-20(10-8-19)18(22)15-5-3-11-23-15/h1-6,11,14H,7-10,12H2/t14-/m1/s1. The Bertz CT molecular complexity index is 751. The average molecular weight is 342 g/mol. The van der Waals surface area contributed by atoms with Crippen LogP contribution in [0.4, 0.5) is 0 Å². The molecule has 1 aromatic heterocycles. The van der Waals surface area contributed by atoms with Crippen LogP contribution < -0.4 is 0 Å². The monoisotopic (exact) mass is 342 g/mol. The zero-order chi connectivity index (χ0) is 16.5. The molecule has 0 unspecified atom stereocenters. The molecule has 1 fully saturated rings. The second-order valence-electron chi connectivity index (χ2n) is 6.00. The second-order valence-corrected chi connectivity index (χ2v) is 7.06. The van der Waals surface area contributed by atoms with Crippen molar-refractivity contribution >= 4 is 23.6 Å². The molecule has 2 aliphatic heterocycles. The van der Waals surface area contributed by atoms with Gasteiger partial charge in [-0.1, -0.05) is 18.2 Å². The Morgan fingerprint density at radius 2 is 1.75 bits per heavy atom. The van der Waals surface area contributed by atoms with Gasteiger partial charge in [-0.25, -0.2) is 0 Å². The van der Waals surface area contributed by atoms with E-state index >= 15 is 0 Å². The number of amides is 2. The van der Waals surface area contributed by atoms with E-state index in [1.165, 1.54) is 11.2 Å². The predicted octanol–water partition coefficient (Wildman–Crippen LogP) is 2.45. The van der Waals surface area contributed by atoms with E-state index in [9.17, 15) is 9.59 Å². The molecule has 1 atom stereocenters. The number of carbonyl (C=O) groups is 2. The third-order valence-corrected chi connectivity index (χ3v) is 5.79. The Hall–Kier alpha value is -2.21. The van der Waals surface area contributed by atoms with E-state index in [-0.39, 0.29) is 17.7 Å². The summed E-state index contributed by atoms with van der Waals surface area (Å²) >= 11 is 1.75. The molecule has 4 rings (SSSR count). The summed E-state index contributed by atoms with van der Waals surface area (Å²) in [5.74, 6) is 1.19. The Labute approximate surface area is 144 Å². The van der Waals surface area contributed by atoms with Crippen LogP contribution in [-0.4, -0.2) is 53.5 Å². The van der Waals surface area contributed by atoms with Crippen molar-refractivity contribution in [2.45, 2.75) is 10.8 Å². The Kier molecular flexibility index (Phi) is 4.06. The lowest BCUT2D eigenvalue weighted by Gasteiger charge is -2.35. The number of nitrogens with zero attached hydrogens (tertiary/aromatic N) is 2. The van der Waals surface area contributed by atoms with Crippen LogP contribution in [0.15, 0.2) is 52.0 Å². The van der Waals surface area contributed by atoms with Gasteiger partial charge in [-0.3, -0.25) is 9.59 Å². The van der Waals surface area contributed by atoms with Gasteiger partial charge in [0.2, 0.25) is 5.91 Å². The molecular formula is C18H18N2O3S. The van der Waals surface area contributed by atoms with Crippen LogP contribution >= 0.6 is 11.8 Å². The fourth-order valence-corrected chi connectivity index (χ4v) is 4.49. The smallest absolute Gasteiger partial charge is 0.289 e. The first-order valence-corrected chi connectivity index (χ1v) is 9.06. The summed E-state index contributed by atoms with van der Waals surface area (Å²) in [6, 6.07) is 11.5. The van der Waals surface area contributed by atoms with Crippen molar-refractivity contribution in [1.29, 1.82) is 0 Å². The first-order valence-electron chi connectivity index (χ1n) is 8.07. The average Bonchev–Trinajstić information content (AvgIpc) is 3.30. The van der Waals surface area contributed by atoms with Crippen LogP contribution in [0.2, 0.25) is 0 Å². The lowest BCUT2D eigenvalue weighted by molar-refractivity contribution is -0.133. The maximum absolute atomic E-state index is 12.9. The fraction of sp³-hybridized carbons (Fsp3) is 0.333. The molecule has 3 heterocycles. The van der Waals surface area contributed by atoms with E-state index in [4.69, 9.17) is 4.42 Å². The second kappa shape index (κ2) is 6.36. The van der Waals surface area contributed by atoms with E-state index in [0.29, 0.717) is 31.9 Å². The summed E-state index contributed by atoms with van der Waals surface area (Å²) < 4.78 is 5.17. The molecule has 5 nitrogen and oxygen atoms in total. The molecule has 1 saturated heterocycles. The van der Waals surface area contributed by atoms with Crippen LogP contribution in [0.25, 0.3) is 0 Å². The van der Waals surface area contributed by atoms with Gasteiger partial charge < -0.3 is 14.2 Å². The highest BCUT2D eigenvalue weighted by Crippen LogP contribution is 2.40. The van der Waals surface area contributed by atoms with Gasteiger partial charge in [0, 0.05) is 36.8 Å². The summed E-state index contributed by atoms with van der Waals surface area (Å²) in [5, 5.41) is 0. The number of benzene rings is 1. The molecule has 0 N–H and O–H groups in total. The molecule has 0 aliphatic carbocycles. The fourth-order valence-electron chi connectivity index (χ4n) is 3.27. The molecule has 0 saturated carbocycles. The largest absolute Gasteiger partial charge is 0.459 e. The summed E-state index contributed by atoms with van der Waals surface area (Å²) in [4.78, 5) is 30.0. The number of piperazine rings is 1. The molecular weight excluding hydrogens is 324 g/mol. The van der Waals surface area contributed by atoms with Crippen LogP contribution in [0, 0.1) is 0 Å². The van der Waals surface area contributed by atoms with Crippen molar-refractivity contribution in [1.82, 2.24) is 9.80 Å². The van der Waals surface area contributed by atoms with Gasteiger partial charge in [0.15, 0.2) is 5.76 Å². The number of thioether (sulfide) groups is 1. The summed E-state index contributed by atoms with van der Waals surface area (Å²) in [5.41, 5.74) is 1.14. The normalized spacial score (nSPS) is 20.1. The number of furan rings is 1. The number of hydrogen-bond acceptors (Lipinski definition) is 4. The Balaban J connectivity index is 1.40. The van der Waals surface area contributed by atoms with Crippen molar-refractivity contribution < 1.29 is 14.0 Å². The summed E-state index contributed by atoms with van der Waals surface area (Å²) in [6.45, 7) is 2.25.